The zero-order valence-electron chi connectivity index (χ0n) is 19.6. The molecule has 1 aliphatic heterocycles. The summed E-state index contributed by atoms with van der Waals surface area (Å²) in [6, 6.07) is 16.0. The van der Waals surface area contributed by atoms with Crippen LogP contribution in [0.2, 0.25) is 0 Å². The highest BCUT2D eigenvalue weighted by Crippen LogP contribution is 2.33. The quantitative estimate of drug-likeness (QED) is 0.480. The third-order valence-electron chi connectivity index (χ3n) is 6.81. The Morgan fingerprint density at radius 1 is 1.15 bits per heavy atom. The highest BCUT2D eigenvalue weighted by Gasteiger charge is 2.33. The molecule has 1 atom stereocenters. The van der Waals surface area contributed by atoms with E-state index >= 15 is 0 Å². The molecule has 0 spiro atoms. The Morgan fingerprint density at radius 2 is 1.88 bits per heavy atom. The average Bonchev–Trinajstić information content (AvgIpc) is 3.40. The minimum absolute atomic E-state index is 0.0138. The first kappa shape index (κ1) is 24.2. The molecule has 5 nitrogen and oxygen atoms in total. The molecule has 2 heterocycles. The number of thiophene rings is 1. The number of carbonyl (C=O) groups excluding carboxylic acids is 1. The zero-order valence-corrected chi connectivity index (χ0v) is 20.4. The number of benzene rings is 2. The second-order valence-electron chi connectivity index (χ2n) is 8.84. The summed E-state index contributed by atoms with van der Waals surface area (Å²) in [4.78, 5) is 18.0. The van der Waals surface area contributed by atoms with E-state index in [1.54, 1.807) is 19.2 Å². The van der Waals surface area contributed by atoms with Crippen LogP contribution in [-0.2, 0) is 13.0 Å². The van der Waals surface area contributed by atoms with Gasteiger partial charge >= 0.3 is 0 Å². The van der Waals surface area contributed by atoms with Crippen molar-refractivity contribution < 1.29 is 19.0 Å². The number of amides is 1. The number of nitrogens with zero attached hydrogens (tertiary/aromatic N) is 2. The normalized spacial score (nSPS) is 15.7. The molecule has 0 unspecified atom stereocenters. The van der Waals surface area contributed by atoms with Crippen molar-refractivity contribution in [3.63, 3.8) is 0 Å². The maximum Gasteiger partial charge on any atom is 0.263 e. The average molecular weight is 483 g/mol. The van der Waals surface area contributed by atoms with Crippen LogP contribution >= 0.6 is 11.3 Å². The van der Waals surface area contributed by atoms with Crippen LogP contribution in [0.25, 0.3) is 0 Å². The van der Waals surface area contributed by atoms with Gasteiger partial charge < -0.3 is 14.7 Å². The molecule has 1 amide bonds. The standard InChI is InChI=1S/C27H31FN2O3S/c1-29(27(32)25-11-6-16-34-25)23(17-20-7-3-4-9-22(20)28)19-12-14-30(15-13-19)18-21-8-5-10-24(33-2)26(21)31/h3-11,16,19,23,31H,12-15,17-18H2,1-2H3/t23-/m0/s1. The third-order valence-corrected chi connectivity index (χ3v) is 7.67. The number of likely N-dealkylation sites (tertiary alicyclic amines) is 1. The largest absolute Gasteiger partial charge is 0.504 e. The third kappa shape index (κ3) is 5.42. The minimum atomic E-state index is -0.226. The van der Waals surface area contributed by atoms with Gasteiger partial charge in [-0.25, -0.2) is 4.39 Å². The lowest BCUT2D eigenvalue weighted by Gasteiger charge is -2.40. The predicted octanol–water partition coefficient (Wildman–Crippen LogP) is 5.20. The van der Waals surface area contributed by atoms with E-state index in [0.29, 0.717) is 29.2 Å². The lowest BCUT2D eigenvalue weighted by molar-refractivity contribution is 0.0587. The van der Waals surface area contributed by atoms with Crippen LogP contribution in [0, 0.1) is 11.7 Å². The van der Waals surface area contributed by atoms with Crippen molar-refractivity contribution in [3.8, 4) is 11.5 Å². The number of hydrogen-bond donors (Lipinski definition) is 1. The Balaban J connectivity index is 1.48. The molecular weight excluding hydrogens is 451 g/mol. The highest BCUT2D eigenvalue weighted by atomic mass is 32.1. The number of carbonyl (C=O) groups is 1. The molecule has 0 radical (unpaired) electrons. The van der Waals surface area contributed by atoms with E-state index in [1.165, 1.54) is 17.4 Å². The molecule has 1 aromatic heterocycles. The van der Waals surface area contributed by atoms with E-state index in [2.05, 4.69) is 4.90 Å². The number of phenolic OH excluding ortho intramolecular Hbond substituents is 1. The number of halogens is 1. The summed E-state index contributed by atoms with van der Waals surface area (Å²) in [7, 11) is 3.39. The van der Waals surface area contributed by atoms with Gasteiger partial charge in [0, 0.05) is 25.2 Å². The Labute approximate surface area is 204 Å². The van der Waals surface area contributed by atoms with E-state index in [4.69, 9.17) is 4.74 Å². The van der Waals surface area contributed by atoms with Crippen LogP contribution in [0.1, 0.15) is 33.6 Å². The van der Waals surface area contributed by atoms with Crippen molar-refractivity contribution in [1.29, 1.82) is 0 Å². The molecule has 1 fully saturated rings. The Bertz CT molecular complexity index is 1100. The SMILES string of the molecule is COc1cccc(CN2CCC([C@H](Cc3ccccc3F)N(C)C(=O)c3cccs3)CC2)c1O. The van der Waals surface area contributed by atoms with Gasteiger partial charge in [0.05, 0.1) is 12.0 Å². The lowest BCUT2D eigenvalue weighted by Crippen LogP contribution is -2.47. The topological polar surface area (TPSA) is 53.0 Å². The number of methoxy groups -OCH3 is 1. The number of hydrogen-bond acceptors (Lipinski definition) is 5. The summed E-state index contributed by atoms with van der Waals surface area (Å²) in [5.74, 6) is 0.677. The second-order valence-corrected chi connectivity index (χ2v) is 9.79. The first-order valence-electron chi connectivity index (χ1n) is 11.6. The number of likely N-dealkylation sites (N-methyl/N-ethyl adjacent to an activating group) is 1. The summed E-state index contributed by atoms with van der Waals surface area (Å²) >= 11 is 1.43. The second kappa shape index (κ2) is 11.0. The van der Waals surface area contributed by atoms with E-state index in [9.17, 15) is 14.3 Å². The molecule has 7 heteroatoms. The maximum atomic E-state index is 14.5. The van der Waals surface area contributed by atoms with Gasteiger partial charge in [0.1, 0.15) is 5.82 Å². The first-order chi connectivity index (χ1) is 16.5. The molecule has 2 aromatic carbocycles. The van der Waals surface area contributed by atoms with Gasteiger partial charge in [-0.1, -0.05) is 36.4 Å². The van der Waals surface area contributed by atoms with Crippen LogP contribution in [0.15, 0.2) is 60.0 Å². The monoisotopic (exact) mass is 482 g/mol. The van der Waals surface area contributed by atoms with Crippen molar-refractivity contribution in [2.45, 2.75) is 31.8 Å². The van der Waals surface area contributed by atoms with Crippen LogP contribution < -0.4 is 4.74 Å². The summed E-state index contributed by atoms with van der Waals surface area (Å²) < 4.78 is 19.7. The summed E-state index contributed by atoms with van der Waals surface area (Å²) in [5.41, 5.74) is 1.48. The van der Waals surface area contributed by atoms with Crippen LogP contribution in [-0.4, -0.2) is 54.1 Å². The zero-order chi connectivity index (χ0) is 24.1. The van der Waals surface area contributed by atoms with Crippen LogP contribution in [0.5, 0.6) is 11.5 Å². The molecule has 1 aliphatic rings. The molecule has 0 saturated carbocycles. The number of phenols is 1. The Hall–Kier alpha value is -2.90. The van der Waals surface area contributed by atoms with Gasteiger partial charge in [-0.15, -0.1) is 11.3 Å². The minimum Gasteiger partial charge on any atom is -0.504 e. The first-order valence-corrected chi connectivity index (χ1v) is 12.5. The van der Waals surface area contributed by atoms with Gasteiger partial charge in [0.15, 0.2) is 11.5 Å². The van der Waals surface area contributed by atoms with E-state index in [-0.39, 0.29) is 29.4 Å². The van der Waals surface area contributed by atoms with Gasteiger partial charge in [0.25, 0.3) is 5.91 Å². The fourth-order valence-corrected chi connectivity index (χ4v) is 5.54. The summed E-state index contributed by atoms with van der Waals surface area (Å²) in [6.07, 6.45) is 2.28. The molecule has 4 rings (SSSR count). The smallest absolute Gasteiger partial charge is 0.263 e. The van der Waals surface area contributed by atoms with Crippen molar-refractivity contribution in [2.24, 2.45) is 5.92 Å². The van der Waals surface area contributed by atoms with Crippen molar-refractivity contribution >= 4 is 17.2 Å². The molecule has 0 aliphatic carbocycles. The summed E-state index contributed by atoms with van der Waals surface area (Å²) in [5, 5.41) is 12.3. The molecule has 1 saturated heterocycles. The lowest BCUT2D eigenvalue weighted by atomic mass is 9.84. The van der Waals surface area contributed by atoms with Gasteiger partial charge in [-0.3, -0.25) is 9.69 Å². The molecule has 34 heavy (non-hydrogen) atoms. The molecular formula is C27H31FN2O3S. The van der Waals surface area contributed by atoms with E-state index in [1.807, 2.05) is 53.7 Å². The van der Waals surface area contributed by atoms with Crippen molar-refractivity contribution in [1.82, 2.24) is 9.80 Å². The Morgan fingerprint density at radius 3 is 2.56 bits per heavy atom. The number of aromatic hydroxyl groups is 1. The van der Waals surface area contributed by atoms with E-state index < -0.39 is 0 Å². The molecule has 180 valence electrons. The maximum absolute atomic E-state index is 14.5. The van der Waals surface area contributed by atoms with Gasteiger partial charge in [-0.2, -0.15) is 0 Å². The number of piperidine rings is 1. The fraction of sp³-hybridized carbons (Fsp3) is 0.370. The predicted molar refractivity (Wildman–Crippen MR) is 133 cm³/mol. The van der Waals surface area contributed by atoms with Crippen molar-refractivity contribution in [2.75, 3.05) is 27.2 Å². The highest BCUT2D eigenvalue weighted by molar-refractivity contribution is 7.12. The van der Waals surface area contributed by atoms with Crippen LogP contribution in [0.4, 0.5) is 4.39 Å². The number of ether oxygens (including phenoxy) is 1. The fourth-order valence-electron chi connectivity index (χ4n) is 4.83. The number of para-hydroxylation sites is 1. The summed E-state index contributed by atoms with van der Waals surface area (Å²) in [6.45, 7) is 2.32. The van der Waals surface area contributed by atoms with E-state index in [0.717, 1.165) is 31.5 Å². The molecule has 1 N–H and O–H groups in total. The van der Waals surface area contributed by atoms with Gasteiger partial charge in [-0.05, 0) is 67.4 Å². The van der Waals surface area contributed by atoms with Gasteiger partial charge in [0.2, 0.25) is 0 Å². The molecule has 3 aromatic rings. The van der Waals surface area contributed by atoms with Crippen LogP contribution in [0.3, 0.4) is 0 Å². The number of rotatable bonds is 8. The Kier molecular flexibility index (Phi) is 7.85. The van der Waals surface area contributed by atoms with Crippen molar-refractivity contribution in [3.05, 3.63) is 81.8 Å². The molecule has 0 bridgehead atoms.